The standard InChI is InChI=1S/C15H21N3O3/c16-8-7-12-4-3-9-17(11-12)15(19)10-13-5-1-2-6-14(13)18(20)21/h1-2,5-6,12H,3-4,7-11,16H2. The van der Waals surface area contributed by atoms with Crippen molar-refractivity contribution in [1.29, 1.82) is 0 Å². The molecule has 1 saturated heterocycles. The maximum atomic E-state index is 12.4. The monoisotopic (exact) mass is 291 g/mol. The van der Waals surface area contributed by atoms with E-state index in [-0.39, 0.29) is 18.0 Å². The van der Waals surface area contributed by atoms with Gasteiger partial charge in [-0.1, -0.05) is 18.2 Å². The first-order valence-corrected chi connectivity index (χ1v) is 7.32. The summed E-state index contributed by atoms with van der Waals surface area (Å²) in [5.41, 5.74) is 6.07. The van der Waals surface area contributed by atoms with Gasteiger partial charge in [-0.05, 0) is 31.7 Å². The highest BCUT2D eigenvalue weighted by Crippen LogP contribution is 2.22. The van der Waals surface area contributed by atoms with Crippen molar-refractivity contribution in [2.24, 2.45) is 11.7 Å². The van der Waals surface area contributed by atoms with Gasteiger partial charge in [-0.3, -0.25) is 14.9 Å². The van der Waals surface area contributed by atoms with Crippen molar-refractivity contribution in [3.8, 4) is 0 Å². The van der Waals surface area contributed by atoms with E-state index in [0.29, 0.717) is 18.0 Å². The molecule has 1 amide bonds. The lowest BCUT2D eigenvalue weighted by Crippen LogP contribution is -2.41. The number of piperidine rings is 1. The van der Waals surface area contributed by atoms with Gasteiger partial charge in [0.1, 0.15) is 0 Å². The molecule has 0 aliphatic carbocycles. The third kappa shape index (κ3) is 4.01. The fourth-order valence-electron chi connectivity index (χ4n) is 2.88. The second-order valence-electron chi connectivity index (χ2n) is 5.49. The van der Waals surface area contributed by atoms with Crippen LogP contribution < -0.4 is 5.73 Å². The first-order valence-electron chi connectivity index (χ1n) is 7.32. The van der Waals surface area contributed by atoms with Gasteiger partial charge in [0.15, 0.2) is 0 Å². The number of nitro benzene ring substituents is 1. The van der Waals surface area contributed by atoms with E-state index >= 15 is 0 Å². The molecule has 0 spiro atoms. The molecule has 2 N–H and O–H groups in total. The van der Waals surface area contributed by atoms with Gasteiger partial charge in [0.2, 0.25) is 5.91 Å². The molecule has 1 fully saturated rings. The SMILES string of the molecule is NCCC1CCCN(C(=O)Cc2ccccc2[N+](=O)[O-])C1. The molecule has 6 nitrogen and oxygen atoms in total. The zero-order chi connectivity index (χ0) is 15.2. The van der Waals surface area contributed by atoms with Crippen LogP contribution in [0.4, 0.5) is 5.69 Å². The van der Waals surface area contributed by atoms with Crippen LogP contribution in [0.3, 0.4) is 0 Å². The molecule has 0 saturated carbocycles. The maximum Gasteiger partial charge on any atom is 0.273 e. The largest absolute Gasteiger partial charge is 0.342 e. The molecule has 1 aromatic carbocycles. The molecule has 1 unspecified atom stereocenters. The molecular weight excluding hydrogens is 270 g/mol. The van der Waals surface area contributed by atoms with Crippen LogP contribution in [0.2, 0.25) is 0 Å². The van der Waals surface area contributed by atoms with E-state index in [4.69, 9.17) is 5.73 Å². The van der Waals surface area contributed by atoms with Crippen molar-refractivity contribution in [1.82, 2.24) is 4.90 Å². The Labute approximate surface area is 124 Å². The second-order valence-corrected chi connectivity index (χ2v) is 5.49. The van der Waals surface area contributed by atoms with Crippen LogP contribution in [0.25, 0.3) is 0 Å². The molecule has 1 atom stereocenters. The predicted molar refractivity (Wildman–Crippen MR) is 79.8 cm³/mol. The number of rotatable bonds is 5. The Balaban J connectivity index is 2.03. The highest BCUT2D eigenvalue weighted by atomic mass is 16.6. The Bertz CT molecular complexity index is 517. The maximum absolute atomic E-state index is 12.4. The van der Waals surface area contributed by atoms with E-state index in [9.17, 15) is 14.9 Å². The number of nitro groups is 1. The number of carbonyl (C=O) groups is 1. The van der Waals surface area contributed by atoms with Crippen molar-refractivity contribution in [2.45, 2.75) is 25.7 Å². The molecule has 1 aliphatic heterocycles. The Hall–Kier alpha value is -1.95. The number of amides is 1. The van der Waals surface area contributed by atoms with Crippen molar-refractivity contribution in [2.75, 3.05) is 19.6 Å². The van der Waals surface area contributed by atoms with Crippen LogP contribution in [-0.4, -0.2) is 35.4 Å². The Morgan fingerprint density at radius 2 is 2.19 bits per heavy atom. The lowest BCUT2D eigenvalue weighted by atomic mass is 9.94. The van der Waals surface area contributed by atoms with Gasteiger partial charge in [-0.2, -0.15) is 0 Å². The minimum atomic E-state index is -0.434. The lowest BCUT2D eigenvalue weighted by Gasteiger charge is -2.32. The molecule has 1 heterocycles. The normalized spacial score (nSPS) is 18.5. The summed E-state index contributed by atoms with van der Waals surface area (Å²) in [6.45, 7) is 2.09. The van der Waals surface area contributed by atoms with Crippen LogP contribution in [0.5, 0.6) is 0 Å². The minimum Gasteiger partial charge on any atom is -0.342 e. The summed E-state index contributed by atoms with van der Waals surface area (Å²) >= 11 is 0. The topological polar surface area (TPSA) is 89.5 Å². The number of nitrogens with two attached hydrogens (primary N) is 1. The number of hydrogen-bond acceptors (Lipinski definition) is 4. The number of carbonyl (C=O) groups excluding carboxylic acids is 1. The highest BCUT2D eigenvalue weighted by molar-refractivity contribution is 5.80. The Morgan fingerprint density at radius 1 is 1.43 bits per heavy atom. The fraction of sp³-hybridized carbons (Fsp3) is 0.533. The number of para-hydroxylation sites is 1. The van der Waals surface area contributed by atoms with E-state index in [1.54, 1.807) is 18.2 Å². The number of hydrogen-bond donors (Lipinski definition) is 1. The van der Waals surface area contributed by atoms with Crippen LogP contribution in [0.15, 0.2) is 24.3 Å². The summed E-state index contributed by atoms with van der Waals surface area (Å²) < 4.78 is 0. The van der Waals surface area contributed by atoms with Gasteiger partial charge in [0.05, 0.1) is 11.3 Å². The molecular formula is C15H21N3O3. The average Bonchev–Trinajstić information content (AvgIpc) is 2.48. The molecule has 21 heavy (non-hydrogen) atoms. The van der Waals surface area contributed by atoms with Crippen molar-refractivity contribution in [3.63, 3.8) is 0 Å². The Morgan fingerprint density at radius 3 is 2.90 bits per heavy atom. The molecule has 0 bridgehead atoms. The van der Waals surface area contributed by atoms with E-state index in [1.807, 2.05) is 4.90 Å². The zero-order valence-electron chi connectivity index (χ0n) is 12.0. The minimum absolute atomic E-state index is 0.0152. The van der Waals surface area contributed by atoms with Gasteiger partial charge in [0.25, 0.3) is 5.69 Å². The van der Waals surface area contributed by atoms with Gasteiger partial charge in [-0.25, -0.2) is 0 Å². The van der Waals surface area contributed by atoms with Crippen molar-refractivity contribution >= 4 is 11.6 Å². The van der Waals surface area contributed by atoms with Gasteiger partial charge < -0.3 is 10.6 Å². The van der Waals surface area contributed by atoms with Gasteiger partial charge >= 0.3 is 0 Å². The molecule has 114 valence electrons. The molecule has 1 aliphatic rings. The summed E-state index contributed by atoms with van der Waals surface area (Å²) in [6, 6.07) is 6.43. The van der Waals surface area contributed by atoms with E-state index in [1.165, 1.54) is 6.07 Å². The molecule has 0 radical (unpaired) electrons. The average molecular weight is 291 g/mol. The smallest absolute Gasteiger partial charge is 0.273 e. The fourth-order valence-corrected chi connectivity index (χ4v) is 2.88. The third-order valence-corrected chi connectivity index (χ3v) is 3.98. The summed E-state index contributed by atoms with van der Waals surface area (Å²) in [4.78, 5) is 24.7. The zero-order valence-corrected chi connectivity index (χ0v) is 12.0. The number of likely N-dealkylation sites (tertiary alicyclic amines) is 1. The second kappa shape index (κ2) is 7.17. The predicted octanol–water partition coefficient (Wildman–Crippen LogP) is 1.72. The molecule has 0 aromatic heterocycles. The van der Waals surface area contributed by atoms with Crippen LogP contribution in [0, 0.1) is 16.0 Å². The van der Waals surface area contributed by atoms with Crippen molar-refractivity contribution in [3.05, 3.63) is 39.9 Å². The van der Waals surface area contributed by atoms with E-state index in [0.717, 1.165) is 32.4 Å². The summed E-state index contributed by atoms with van der Waals surface area (Å²) in [6.07, 6.45) is 3.10. The van der Waals surface area contributed by atoms with Crippen molar-refractivity contribution < 1.29 is 9.72 Å². The van der Waals surface area contributed by atoms with Crippen LogP contribution in [0.1, 0.15) is 24.8 Å². The third-order valence-electron chi connectivity index (χ3n) is 3.98. The van der Waals surface area contributed by atoms with Gasteiger partial charge in [0, 0.05) is 24.7 Å². The van der Waals surface area contributed by atoms with Gasteiger partial charge in [-0.15, -0.1) is 0 Å². The number of nitrogens with zero attached hydrogens (tertiary/aromatic N) is 2. The Kier molecular flexibility index (Phi) is 5.27. The first-order chi connectivity index (χ1) is 10.1. The lowest BCUT2D eigenvalue weighted by molar-refractivity contribution is -0.385. The van der Waals surface area contributed by atoms with E-state index < -0.39 is 4.92 Å². The first kappa shape index (κ1) is 15.4. The summed E-state index contributed by atoms with van der Waals surface area (Å²) in [7, 11) is 0. The number of benzene rings is 1. The quantitative estimate of drug-likeness (QED) is 0.660. The highest BCUT2D eigenvalue weighted by Gasteiger charge is 2.25. The van der Waals surface area contributed by atoms with Crippen LogP contribution in [-0.2, 0) is 11.2 Å². The molecule has 6 heteroatoms. The van der Waals surface area contributed by atoms with E-state index in [2.05, 4.69) is 0 Å². The molecule has 2 rings (SSSR count). The van der Waals surface area contributed by atoms with Crippen LogP contribution >= 0.6 is 0 Å². The summed E-state index contributed by atoms with van der Waals surface area (Å²) in [5, 5.41) is 11.0. The molecule has 1 aromatic rings. The summed E-state index contributed by atoms with van der Waals surface area (Å²) in [5.74, 6) is 0.421.